The number of aromatic nitrogens is 2. The number of nitrogens with one attached hydrogen (secondary N) is 2. The third-order valence-corrected chi connectivity index (χ3v) is 5.51. The van der Waals surface area contributed by atoms with Gasteiger partial charge in [0.25, 0.3) is 0 Å². The van der Waals surface area contributed by atoms with Crippen LogP contribution in [0.1, 0.15) is 58.3 Å². The Bertz CT molecular complexity index is 693. The number of amides is 2. The number of rotatable bonds is 13. The number of aryl methyl sites for hydroxylation is 2. The Kier molecular flexibility index (Phi) is 12.0. The zero-order chi connectivity index (χ0) is 23.6. The first-order valence-corrected chi connectivity index (χ1v) is 12.3. The Morgan fingerprint density at radius 3 is 2.32 bits per heavy atom. The second kappa shape index (κ2) is 13.6. The van der Waals surface area contributed by atoms with Gasteiger partial charge in [0, 0.05) is 5.69 Å². The highest BCUT2D eigenvalue weighted by atomic mass is 32.2. The third-order valence-electron chi connectivity index (χ3n) is 4.87. The van der Waals surface area contributed by atoms with E-state index in [1.807, 2.05) is 40.0 Å². The van der Waals surface area contributed by atoms with Gasteiger partial charge in [0.15, 0.2) is 6.73 Å². The number of nitrogens with zero attached hydrogens (tertiary/aromatic N) is 2. The lowest BCUT2D eigenvalue weighted by molar-refractivity contribution is -0.125. The molecule has 1 aromatic rings. The lowest BCUT2D eigenvalue weighted by atomic mass is 9.93. The third kappa shape index (κ3) is 10.4. The summed E-state index contributed by atoms with van der Waals surface area (Å²) in [5, 5.41) is 20.5. The summed E-state index contributed by atoms with van der Waals surface area (Å²) in [6.45, 7) is 11.9. The fraction of sp³-hybridized carbons (Fsp3) is 0.773. The molecule has 1 aromatic heterocycles. The number of alkyl carbamates (subject to hydrolysis) is 1. The van der Waals surface area contributed by atoms with Crippen LogP contribution < -0.4 is 10.6 Å². The molecule has 0 aliphatic carbocycles. The molecule has 0 spiro atoms. The van der Waals surface area contributed by atoms with Crippen LogP contribution >= 0.6 is 11.8 Å². The van der Waals surface area contributed by atoms with Gasteiger partial charge in [0.05, 0.1) is 17.8 Å². The average Bonchev–Trinajstić information content (AvgIpc) is 2.98. The Hall–Kier alpha value is -1.74. The highest BCUT2D eigenvalue weighted by molar-refractivity contribution is 7.98. The van der Waals surface area contributed by atoms with Crippen molar-refractivity contribution in [1.29, 1.82) is 0 Å². The fourth-order valence-electron chi connectivity index (χ4n) is 3.36. The van der Waals surface area contributed by atoms with E-state index >= 15 is 0 Å². The van der Waals surface area contributed by atoms with Crippen molar-refractivity contribution in [3.05, 3.63) is 17.5 Å². The molecule has 9 heteroatoms. The second-order valence-electron chi connectivity index (χ2n) is 8.91. The number of thioether (sulfide) groups is 1. The van der Waals surface area contributed by atoms with Crippen LogP contribution in [0.4, 0.5) is 4.79 Å². The maximum atomic E-state index is 13.0. The first-order valence-electron chi connectivity index (χ1n) is 10.9. The minimum Gasteiger partial charge on any atom is -0.426 e. The molecule has 3 atom stereocenters. The molecule has 0 saturated heterocycles. The van der Waals surface area contributed by atoms with Crippen molar-refractivity contribution in [2.24, 2.45) is 11.8 Å². The van der Waals surface area contributed by atoms with E-state index in [-0.39, 0.29) is 18.7 Å². The minimum absolute atomic E-state index is 0.0224. The van der Waals surface area contributed by atoms with Crippen molar-refractivity contribution < 1.29 is 19.4 Å². The van der Waals surface area contributed by atoms with Gasteiger partial charge in [-0.05, 0) is 63.0 Å². The summed E-state index contributed by atoms with van der Waals surface area (Å²) in [4.78, 5) is 25.3. The van der Waals surface area contributed by atoms with Crippen LogP contribution in [0.25, 0.3) is 0 Å². The molecule has 0 fully saturated rings. The summed E-state index contributed by atoms with van der Waals surface area (Å²) in [7, 11) is 0. The van der Waals surface area contributed by atoms with Gasteiger partial charge < -0.3 is 20.5 Å². The molecule has 0 unspecified atom stereocenters. The lowest BCUT2D eigenvalue weighted by Crippen LogP contribution is -2.53. The molecule has 178 valence electrons. The van der Waals surface area contributed by atoms with E-state index < -0.39 is 18.2 Å². The molecule has 0 saturated carbocycles. The smallest absolute Gasteiger partial charge is 0.409 e. The Morgan fingerprint density at radius 2 is 1.81 bits per heavy atom. The van der Waals surface area contributed by atoms with Crippen molar-refractivity contribution >= 4 is 23.8 Å². The second-order valence-corrected chi connectivity index (χ2v) is 9.89. The quantitative estimate of drug-likeness (QED) is 0.421. The monoisotopic (exact) mass is 456 g/mol. The Balaban J connectivity index is 2.76. The standard InChI is InChI=1S/C22H40N4O4S/c1-14(2)10-19(20(27)11-15(3)4)23-21(28)18(8-9-31-7)24-22(29)30-13-26-17(6)12-16(5)25-26/h12,14-15,18-20,27H,8-11,13H2,1-7H3,(H,23,28)(H,24,29)/t18-,19-,20-/m0/s1. The van der Waals surface area contributed by atoms with E-state index in [2.05, 4.69) is 29.6 Å². The van der Waals surface area contributed by atoms with E-state index in [4.69, 9.17) is 4.74 Å². The molecule has 2 amide bonds. The van der Waals surface area contributed by atoms with Gasteiger partial charge in [-0.1, -0.05) is 27.7 Å². The van der Waals surface area contributed by atoms with Crippen LogP contribution in [0.15, 0.2) is 6.07 Å². The van der Waals surface area contributed by atoms with Crippen LogP contribution in [0, 0.1) is 25.7 Å². The van der Waals surface area contributed by atoms with E-state index in [0.29, 0.717) is 36.9 Å². The molecular formula is C22H40N4O4S. The molecule has 0 aromatic carbocycles. The highest BCUT2D eigenvalue weighted by Gasteiger charge is 2.28. The maximum absolute atomic E-state index is 13.0. The molecule has 0 bridgehead atoms. The van der Waals surface area contributed by atoms with E-state index in [1.54, 1.807) is 16.4 Å². The Morgan fingerprint density at radius 1 is 1.16 bits per heavy atom. The van der Waals surface area contributed by atoms with Gasteiger partial charge in [0.2, 0.25) is 5.91 Å². The van der Waals surface area contributed by atoms with Gasteiger partial charge in [-0.3, -0.25) is 4.79 Å². The largest absolute Gasteiger partial charge is 0.426 e. The molecule has 0 radical (unpaired) electrons. The topological polar surface area (TPSA) is 105 Å². The van der Waals surface area contributed by atoms with Crippen LogP contribution in [0.2, 0.25) is 0 Å². The van der Waals surface area contributed by atoms with E-state index in [9.17, 15) is 14.7 Å². The number of aliphatic hydroxyl groups excluding tert-OH is 1. The molecular weight excluding hydrogens is 416 g/mol. The lowest BCUT2D eigenvalue weighted by Gasteiger charge is -2.29. The van der Waals surface area contributed by atoms with Crippen LogP contribution in [-0.4, -0.2) is 57.1 Å². The molecule has 8 nitrogen and oxygen atoms in total. The van der Waals surface area contributed by atoms with Crippen molar-refractivity contribution in [2.45, 2.75) is 85.7 Å². The first kappa shape index (κ1) is 27.3. The summed E-state index contributed by atoms with van der Waals surface area (Å²) < 4.78 is 6.86. The number of hydrogen-bond donors (Lipinski definition) is 3. The number of ether oxygens (including phenoxy) is 1. The number of aliphatic hydroxyl groups is 1. The normalized spacial score (nSPS) is 14.4. The highest BCUT2D eigenvalue weighted by Crippen LogP contribution is 2.15. The van der Waals surface area contributed by atoms with Gasteiger partial charge in [-0.15, -0.1) is 0 Å². The van der Waals surface area contributed by atoms with Crippen LogP contribution in [-0.2, 0) is 16.3 Å². The minimum atomic E-state index is -0.735. The summed E-state index contributed by atoms with van der Waals surface area (Å²) in [5.74, 6) is 1.04. The summed E-state index contributed by atoms with van der Waals surface area (Å²) in [5.41, 5.74) is 1.73. The van der Waals surface area contributed by atoms with Crippen molar-refractivity contribution in [3.63, 3.8) is 0 Å². The number of hydrogen-bond acceptors (Lipinski definition) is 6. The molecule has 0 aliphatic rings. The molecule has 31 heavy (non-hydrogen) atoms. The zero-order valence-electron chi connectivity index (χ0n) is 20.0. The average molecular weight is 457 g/mol. The maximum Gasteiger partial charge on any atom is 0.409 e. The zero-order valence-corrected chi connectivity index (χ0v) is 20.8. The first-order chi connectivity index (χ1) is 14.5. The predicted octanol–water partition coefficient (Wildman–Crippen LogP) is 3.24. The van der Waals surface area contributed by atoms with Crippen LogP contribution in [0.5, 0.6) is 0 Å². The van der Waals surface area contributed by atoms with Gasteiger partial charge in [-0.2, -0.15) is 16.9 Å². The van der Waals surface area contributed by atoms with Crippen molar-refractivity contribution in [2.75, 3.05) is 12.0 Å². The summed E-state index contributed by atoms with van der Waals surface area (Å²) in [6, 6.07) is 0.799. The van der Waals surface area contributed by atoms with Crippen LogP contribution in [0.3, 0.4) is 0 Å². The fourth-order valence-corrected chi connectivity index (χ4v) is 3.84. The summed E-state index contributed by atoms with van der Waals surface area (Å²) >= 11 is 1.60. The predicted molar refractivity (Wildman–Crippen MR) is 125 cm³/mol. The van der Waals surface area contributed by atoms with Crippen molar-refractivity contribution in [1.82, 2.24) is 20.4 Å². The SMILES string of the molecule is CSCC[C@H](NC(=O)OCn1nc(C)cc1C)C(=O)N[C@@H](CC(C)C)[C@@H](O)CC(C)C. The molecule has 1 heterocycles. The van der Waals surface area contributed by atoms with Crippen molar-refractivity contribution in [3.8, 4) is 0 Å². The van der Waals surface area contributed by atoms with E-state index in [1.165, 1.54) is 0 Å². The molecule has 3 N–H and O–H groups in total. The molecule has 0 aliphatic heterocycles. The molecule has 1 rings (SSSR count). The van der Waals surface area contributed by atoms with Gasteiger partial charge in [0.1, 0.15) is 6.04 Å². The van der Waals surface area contributed by atoms with E-state index in [0.717, 1.165) is 11.4 Å². The number of carbonyl (C=O) groups excluding carboxylic acids is 2. The Labute approximate surface area is 190 Å². The van der Waals surface area contributed by atoms with Gasteiger partial charge in [-0.25, -0.2) is 9.48 Å². The summed E-state index contributed by atoms with van der Waals surface area (Å²) in [6.07, 6.45) is 2.38. The van der Waals surface area contributed by atoms with Gasteiger partial charge >= 0.3 is 6.09 Å². The number of carbonyl (C=O) groups is 2.